The molecule has 1 aromatic heterocycles. The molecule has 0 amide bonds. The molecular weight excluding hydrogens is 203 g/mol. The van der Waals surface area contributed by atoms with Crippen molar-refractivity contribution in [3.8, 4) is 0 Å². The fourth-order valence-corrected chi connectivity index (χ4v) is 1.79. The Morgan fingerprint density at radius 1 is 1.12 bits per heavy atom. The predicted octanol–water partition coefficient (Wildman–Crippen LogP) is 2.18. The van der Waals surface area contributed by atoms with Crippen LogP contribution in [0.3, 0.4) is 0 Å². The Balaban J connectivity index is 2.20. The van der Waals surface area contributed by atoms with Crippen LogP contribution in [0.2, 0.25) is 0 Å². The maximum absolute atomic E-state index is 13.5. The van der Waals surface area contributed by atoms with Crippen molar-refractivity contribution in [2.75, 3.05) is 6.54 Å². The van der Waals surface area contributed by atoms with Gasteiger partial charge in [0.1, 0.15) is 5.82 Å². The number of aromatic nitrogens is 1. The second-order valence-electron chi connectivity index (χ2n) is 3.76. The standard InChI is InChI=1S/C13H15FN2/c14-13-6-2-1-4-11(13)10-16-9-3-5-12(16)7-8-15/h1-6,9H,7-8,10,15H2. The molecule has 0 aliphatic rings. The first kappa shape index (κ1) is 10.9. The smallest absolute Gasteiger partial charge is 0.128 e. The summed E-state index contributed by atoms with van der Waals surface area (Å²) in [6.45, 7) is 1.18. The van der Waals surface area contributed by atoms with Crippen molar-refractivity contribution >= 4 is 0 Å². The van der Waals surface area contributed by atoms with E-state index in [4.69, 9.17) is 5.73 Å². The highest BCUT2D eigenvalue weighted by atomic mass is 19.1. The summed E-state index contributed by atoms with van der Waals surface area (Å²) in [5.41, 5.74) is 7.37. The number of rotatable bonds is 4. The van der Waals surface area contributed by atoms with Gasteiger partial charge in [0, 0.05) is 17.5 Å². The molecule has 2 N–H and O–H groups in total. The molecule has 0 radical (unpaired) electrons. The number of hydrogen-bond donors (Lipinski definition) is 1. The van der Waals surface area contributed by atoms with Crippen molar-refractivity contribution in [3.63, 3.8) is 0 Å². The van der Waals surface area contributed by atoms with Gasteiger partial charge in [0.15, 0.2) is 0 Å². The van der Waals surface area contributed by atoms with Crippen molar-refractivity contribution in [2.24, 2.45) is 5.73 Å². The highest BCUT2D eigenvalue weighted by Crippen LogP contribution is 2.11. The lowest BCUT2D eigenvalue weighted by Crippen LogP contribution is -2.09. The van der Waals surface area contributed by atoms with E-state index >= 15 is 0 Å². The van der Waals surface area contributed by atoms with Gasteiger partial charge in [-0.3, -0.25) is 0 Å². The lowest BCUT2D eigenvalue weighted by molar-refractivity contribution is 0.595. The molecule has 0 unspecified atom stereocenters. The van der Waals surface area contributed by atoms with E-state index in [0.29, 0.717) is 18.7 Å². The summed E-state index contributed by atoms with van der Waals surface area (Å²) in [5.74, 6) is -0.158. The molecule has 2 nitrogen and oxygen atoms in total. The quantitative estimate of drug-likeness (QED) is 0.837. The van der Waals surface area contributed by atoms with Crippen LogP contribution in [0.25, 0.3) is 0 Å². The molecule has 0 atom stereocenters. The molecule has 2 rings (SSSR count). The van der Waals surface area contributed by atoms with Gasteiger partial charge in [0.25, 0.3) is 0 Å². The van der Waals surface area contributed by atoms with Crippen LogP contribution in [0.4, 0.5) is 4.39 Å². The molecule has 0 aliphatic carbocycles. The summed E-state index contributed by atoms with van der Waals surface area (Å²) in [7, 11) is 0. The molecule has 0 saturated heterocycles. The zero-order valence-corrected chi connectivity index (χ0v) is 9.07. The highest BCUT2D eigenvalue weighted by molar-refractivity contribution is 5.19. The number of benzene rings is 1. The van der Waals surface area contributed by atoms with Gasteiger partial charge >= 0.3 is 0 Å². The Morgan fingerprint density at radius 2 is 1.94 bits per heavy atom. The maximum atomic E-state index is 13.5. The number of nitrogens with zero attached hydrogens (tertiary/aromatic N) is 1. The molecule has 1 heterocycles. The summed E-state index contributed by atoms with van der Waals surface area (Å²) in [4.78, 5) is 0. The van der Waals surface area contributed by atoms with Crippen LogP contribution in [0, 0.1) is 5.82 Å². The minimum absolute atomic E-state index is 0.158. The maximum Gasteiger partial charge on any atom is 0.128 e. The first-order valence-electron chi connectivity index (χ1n) is 5.39. The van der Waals surface area contributed by atoms with Gasteiger partial charge in [-0.25, -0.2) is 4.39 Å². The van der Waals surface area contributed by atoms with E-state index in [-0.39, 0.29) is 5.82 Å². The summed E-state index contributed by atoms with van der Waals surface area (Å²) < 4.78 is 15.5. The zero-order chi connectivity index (χ0) is 11.4. The largest absolute Gasteiger partial charge is 0.347 e. The Morgan fingerprint density at radius 3 is 2.69 bits per heavy atom. The molecule has 2 aromatic rings. The molecule has 16 heavy (non-hydrogen) atoms. The fourth-order valence-electron chi connectivity index (χ4n) is 1.79. The molecule has 0 aliphatic heterocycles. The lowest BCUT2D eigenvalue weighted by Gasteiger charge is -2.09. The summed E-state index contributed by atoms with van der Waals surface area (Å²) in [5, 5.41) is 0. The van der Waals surface area contributed by atoms with E-state index < -0.39 is 0 Å². The molecular formula is C13H15FN2. The molecule has 0 spiro atoms. The van der Waals surface area contributed by atoms with Crippen molar-refractivity contribution in [1.29, 1.82) is 0 Å². The Hall–Kier alpha value is -1.61. The van der Waals surface area contributed by atoms with Crippen LogP contribution >= 0.6 is 0 Å². The van der Waals surface area contributed by atoms with E-state index in [1.807, 2.05) is 35.0 Å². The van der Waals surface area contributed by atoms with E-state index in [2.05, 4.69) is 0 Å². The topological polar surface area (TPSA) is 30.9 Å². The fraction of sp³-hybridized carbons (Fsp3) is 0.231. The minimum Gasteiger partial charge on any atom is -0.347 e. The molecule has 0 saturated carbocycles. The summed E-state index contributed by atoms with van der Waals surface area (Å²) >= 11 is 0. The third-order valence-electron chi connectivity index (χ3n) is 2.62. The van der Waals surface area contributed by atoms with Crippen molar-refractivity contribution in [2.45, 2.75) is 13.0 Å². The summed E-state index contributed by atoms with van der Waals surface area (Å²) in [6.07, 6.45) is 2.78. The second kappa shape index (κ2) is 4.94. The van der Waals surface area contributed by atoms with Gasteiger partial charge < -0.3 is 10.3 Å². The Bertz CT molecular complexity index is 462. The SMILES string of the molecule is NCCc1cccn1Cc1ccccc1F. The Kier molecular flexibility index (Phi) is 3.37. The van der Waals surface area contributed by atoms with Crippen molar-refractivity contribution < 1.29 is 4.39 Å². The highest BCUT2D eigenvalue weighted by Gasteiger charge is 2.04. The van der Waals surface area contributed by atoms with E-state index in [1.165, 1.54) is 6.07 Å². The normalized spacial score (nSPS) is 10.6. The van der Waals surface area contributed by atoms with E-state index in [1.54, 1.807) is 6.07 Å². The molecule has 0 bridgehead atoms. The monoisotopic (exact) mass is 218 g/mol. The first-order chi connectivity index (χ1) is 7.81. The van der Waals surface area contributed by atoms with Crippen LogP contribution in [-0.4, -0.2) is 11.1 Å². The van der Waals surface area contributed by atoms with Gasteiger partial charge in [-0.15, -0.1) is 0 Å². The Labute approximate surface area is 94.5 Å². The van der Waals surface area contributed by atoms with Crippen LogP contribution < -0.4 is 5.73 Å². The average molecular weight is 218 g/mol. The number of halogens is 1. The van der Waals surface area contributed by atoms with Gasteiger partial charge in [-0.2, -0.15) is 0 Å². The number of nitrogens with two attached hydrogens (primary N) is 1. The molecule has 84 valence electrons. The zero-order valence-electron chi connectivity index (χ0n) is 9.07. The molecule has 3 heteroatoms. The lowest BCUT2D eigenvalue weighted by atomic mass is 10.2. The third-order valence-corrected chi connectivity index (χ3v) is 2.62. The molecule has 0 fully saturated rings. The van der Waals surface area contributed by atoms with Gasteiger partial charge in [-0.1, -0.05) is 18.2 Å². The van der Waals surface area contributed by atoms with Crippen molar-refractivity contribution in [1.82, 2.24) is 4.57 Å². The summed E-state index contributed by atoms with van der Waals surface area (Å²) in [6, 6.07) is 10.8. The van der Waals surface area contributed by atoms with Crippen LogP contribution in [0.15, 0.2) is 42.6 Å². The molecule has 1 aromatic carbocycles. The average Bonchev–Trinajstić information content (AvgIpc) is 2.70. The van der Waals surface area contributed by atoms with Gasteiger partial charge in [0.05, 0.1) is 6.54 Å². The predicted molar refractivity (Wildman–Crippen MR) is 62.7 cm³/mol. The van der Waals surface area contributed by atoms with Crippen LogP contribution in [0.5, 0.6) is 0 Å². The minimum atomic E-state index is -0.158. The van der Waals surface area contributed by atoms with Crippen molar-refractivity contribution in [3.05, 3.63) is 59.7 Å². The third kappa shape index (κ3) is 2.31. The van der Waals surface area contributed by atoms with E-state index in [9.17, 15) is 4.39 Å². The van der Waals surface area contributed by atoms with Crippen LogP contribution in [-0.2, 0) is 13.0 Å². The number of hydrogen-bond acceptors (Lipinski definition) is 1. The van der Waals surface area contributed by atoms with Crippen LogP contribution in [0.1, 0.15) is 11.3 Å². The van der Waals surface area contributed by atoms with E-state index in [0.717, 1.165) is 12.1 Å². The van der Waals surface area contributed by atoms with Gasteiger partial charge in [-0.05, 0) is 31.2 Å². The first-order valence-corrected chi connectivity index (χ1v) is 5.39. The second-order valence-corrected chi connectivity index (χ2v) is 3.76. The van der Waals surface area contributed by atoms with Gasteiger partial charge in [0.2, 0.25) is 0 Å².